The lowest BCUT2D eigenvalue weighted by atomic mass is 10.1. The maximum atomic E-state index is 11.5. The Morgan fingerprint density at radius 3 is 2.69 bits per heavy atom. The third-order valence-corrected chi connectivity index (χ3v) is 2.29. The summed E-state index contributed by atoms with van der Waals surface area (Å²) in [7, 11) is 0. The number of nitrogens with zero attached hydrogens (tertiary/aromatic N) is 2. The van der Waals surface area contributed by atoms with Gasteiger partial charge in [0.2, 0.25) is 0 Å². The summed E-state index contributed by atoms with van der Waals surface area (Å²) in [6.07, 6.45) is 5.57. The zero-order chi connectivity index (χ0) is 11.4. The minimum Gasteiger partial charge on any atom is -0.294 e. The van der Waals surface area contributed by atoms with E-state index in [1.807, 2.05) is 36.5 Å². The summed E-state index contributed by atoms with van der Waals surface area (Å²) in [6.45, 7) is 3.55. The van der Waals surface area contributed by atoms with Crippen LogP contribution in [0, 0.1) is 0 Å². The van der Waals surface area contributed by atoms with Crippen LogP contribution in [-0.2, 0) is 0 Å². The summed E-state index contributed by atoms with van der Waals surface area (Å²) in [6, 6.07) is 9.23. The van der Waals surface area contributed by atoms with Gasteiger partial charge in [0.15, 0.2) is 5.78 Å². The molecule has 2 aromatic rings. The topological polar surface area (TPSA) is 34.9 Å². The Kier molecular flexibility index (Phi) is 2.96. The molecule has 0 bridgehead atoms. The molecule has 16 heavy (non-hydrogen) atoms. The van der Waals surface area contributed by atoms with Gasteiger partial charge in [0.05, 0.1) is 5.69 Å². The second kappa shape index (κ2) is 4.57. The van der Waals surface area contributed by atoms with Crippen molar-refractivity contribution in [2.75, 3.05) is 0 Å². The highest BCUT2D eigenvalue weighted by Gasteiger charge is 2.03. The van der Waals surface area contributed by atoms with E-state index in [4.69, 9.17) is 0 Å². The van der Waals surface area contributed by atoms with Gasteiger partial charge in [-0.3, -0.25) is 4.79 Å². The number of allylic oxidation sites excluding steroid dienone is 1. The molecular formula is C13H12N2O. The SMILES string of the molecule is C=CCC(=O)c1ccc(-n2cccn2)cc1. The number of carbonyl (C=O) groups excluding carboxylic acids is 1. The highest BCUT2D eigenvalue weighted by molar-refractivity contribution is 5.97. The molecule has 0 aliphatic carbocycles. The lowest BCUT2D eigenvalue weighted by Gasteiger charge is -2.02. The van der Waals surface area contributed by atoms with Gasteiger partial charge in [-0.15, -0.1) is 6.58 Å². The van der Waals surface area contributed by atoms with Crippen LogP contribution < -0.4 is 0 Å². The highest BCUT2D eigenvalue weighted by Crippen LogP contribution is 2.10. The maximum absolute atomic E-state index is 11.5. The van der Waals surface area contributed by atoms with Crippen molar-refractivity contribution in [1.29, 1.82) is 0 Å². The lowest BCUT2D eigenvalue weighted by molar-refractivity contribution is 0.0996. The van der Waals surface area contributed by atoms with Crippen molar-refractivity contribution >= 4 is 5.78 Å². The number of benzene rings is 1. The molecule has 1 aromatic heterocycles. The second-order valence-corrected chi connectivity index (χ2v) is 3.41. The molecule has 0 fully saturated rings. The summed E-state index contributed by atoms with van der Waals surface area (Å²) in [5.74, 6) is 0.0852. The van der Waals surface area contributed by atoms with Crippen molar-refractivity contribution in [2.45, 2.75) is 6.42 Å². The Balaban J connectivity index is 2.23. The monoisotopic (exact) mass is 212 g/mol. The molecule has 0 radical (unpaired) electrons. The first-order chi connectivity index (χ1) is 7.81. The molecule has 0 aliphatic heterocycles. The normalized spacial score (nSPS) is 10.0. The van der Waals surface area contributed by atoms with Crippen LogP contribution in [0.5, 0.6) is 0 Å². The fourth-order valence-corrected chi connectivity index (χ4v) is 1.47. The van der Waals surface area contributed by atoms with Crippen LogP contribution in [0.3, 0.4) is 0 Å². The Morgan fingerprint density at radius 2 is 2.12 bits per heavy atom. The molecule has 0 atom stereocenters. The van der Waals surface area contributed by atoms with E-state index in [9.17, 15) is 4.79 Å². The first-order valence-corrected chi connectivity index (χ1v) is 5.05. The summed E-state index contributed by atoms with van der Waals surface area (Å²) in [5, 5.41) is 4.11. The van der Waals surface area contributed by atoms with Crippen LogP contribution >= 0.6 is 0 Å². The molecule has 0 saturated heterocycles. The van der Waals surface area contributed by atoms with E-state index in [0.717, 1.165) is 5.69 Å². The molecule has 0 unspecified atom stereocenters. The zero-order valence-corrected chi connectivity index (χ0v) is 8.84. The fourth-order valence-electron chi connectivity index (χ4n) is 1.47. The van der Waals surface area contributed by atoms with Gasteiger partial charge in [0, 0.05) is 24.4 Å². The highest BCUT2D eigenvalue weighted by atomic mass is 16.1. The summed E-state index contributed by atoms with van der Waals surface area (Å²) < 4.78 is 1.75. The maximum Gasteiger partial charge on any atom is 0.166 e. The molecular weight excluding hydrogens is 200 g/mol. The van der Waals surface area contributed by atoms with E-state index in [0.29, 0.717) is 12.0 Å². The fraction of sp³-hybridized carbons (Fsp3) is 0.0769. The quantitative estimate of drug-likeness (QED) is 0.576. The third kappa shape index (κ3) is 2.08. The zero-order valence-electron chi connectivity index (χ0n) is 8.84. The molecule has 3 nitrogen and oxygen atoms in total. The van der Waals surface area contributed by atoms with E-state index >= 15 is 0 Å². The first kappa shape index (κ1) is 10.4. The van der Waals surface area contributed by atoms with Crippen molar-refractivity contribution in [2.24, 2.45) is 0 Å². The molecule has 0 spiro atoms. The average Bonchev–Trinajstić information content (AvgIpc) is 2.83. The van der Waals surface area contributed by atoms with E-state index in [1.165, 1.54) is 0 Å². The minimum absolute atomic E-state index is 0.0852. The van der Waals surface area contributed by atoms with E-state index < -0.39 is 0 Å². The standard InChI is InChI=1S/C13H12N2O/c1-2-4-13(16)11-5-7-12(8-6-11)15-10-3-9-14-15/h2-3,5-10H,1,4H2. The van der Waals surface area contributed by atoms with Gasteiger partial charge in [-0.25, -0.2) is 4.68 Å². The summed E-state index contributed by atoms with van der Waals surface area (Å²) in [4.78, 5) is 11.5. The molecule has 0 N–H and O–H groups in total. The average molecular weight is 212 g/mol. The van der Waals surface area contributed by atoms with Gasteiger partial charge >= 0.3 is 0 Å². The molecule has 1 heterocycles. The van der Waals surface area contributed by atoms with Crippen molar-refractivity contribution in [3.8, 4) is 5.69 Å². The Bertz CT molecular complexity index is 483. The van der Waals surface area contributed by atoms with Gasteiger partial charge in [0.25, 0.3) is 0 Å². The van der Waals surface area contributed by atoms with E-state index in [1.54, 1.807) is 17.0 Å². The number of hydrogen-bond donors (Lipinski definition) is 0. The van der Waals surface area contributed by atoms with Crippen molar-refractivity contribution in [1.82, 2.24) is 9.78 Å². The van der Waals surface area contributed by atoms with Crippen molar-refractivity contribution in [3.05, 3.63) is 60.9 Å². The van der Waals surface area contributed by atoms with Gasteiger partial charge < -0.3 is 0 Å². The Labute approximate surface area is 94.0 Å². The van der Waals surface area contributed by atoms with E-state index in [-0.39, 0.29) is 5.78 Å². The Morgan fingerprint density at radius 1 is 1.38 bits per heavy atom. The van der Waals surface area contributed by atoms with Crippen LogP contribution in [0.25, 0.3) is 5.69 Å². The van der Waals surface area contributed by atoms with Gasteiger partial charge in [-0.1, -0.05) is 6.08 Å². The molecule has 3 heteroatoms. The van der Waals surface area contributed by atoms with Crippen LogP contribution in [-0.4, -0.2) is 15.6 Å². The summed E-state index contributed by atoms with van der Waals surface area (Å²) >= 11 is 0. The van der Waals surface area contributed by atoms with E-state index in [2.05, 4.69) is 11.7 Å². The third-order valence-electron chi connectivity index (χ3n) is 2.29. The number of Topliss-reactive ketones (excluding diaryl/α,β-unsaturated/α-hetero) is 1. The van der Waals surface area contributed by atoms with Crippen LogP contribution in [0.15, 0.2) is 55.4 Å². The van der Waals surface area contributed by atoms with Crippen LogP contribution in [0.1, 0.15) is 16.8 Å². The van der Waals surface area contributed by atoms with Crippen molar-refractivity contribution in [3.63, 3.8) is 0 Å². The smallest absolute Gasteiger partial charge is 0.166 e. The molecule has 0 aliphatic rings. The number of carbonyl (C=O) groups is 1. The van der Waals surface area contributed by atoms with Crippen molar-refractivity contribution < 1.29 is 4.79 Å². The molecule has 80 valence electrons. The largest absolute Gasteiger partial charge is 0.294 e. The van der Waals surface area contributed by atoms with Gasteiger partial charge in [-0.05, 0) is 30.3 Å². The minimum atomic E-state index is 0.0852. The van der Waals surface area contributed by atoms with Gasteiger partial charge in [0.1, 0.15) is 0 Å². The predicted octanol–water partition coefficient (Wildman–Crippen LogP) is 2.63. The number of rotatable bonds is 4. The first-order valence-electron chi connectivity index (χ1n) is 5.05. The second-order valence-electron chi connectivity index (χ2n) is 3.41. The molecule has 0 amide bonds. The molecule has 1 aromatic carbocycles. The Hall–Kier alpha value is -2.16. The molecule has 0 saturated carbocycles. The number of aromatic nitrogens is 2. The predicted molar refractivity (Wildman–Crippen MR) is 62.7 cm³/mol. The summed E-state index contributed by atoms with van der Waals surface area (Å²) in [5.41, 5.74) is 1.65. The van der Waals surface area contributed by atoms with Crippen LogP contribution in [0.4, 0.5) is 0 Å². The van der Waals surface area contributed by atoms with Crippen LogP contribution in [0.2, 0.25) is 0 Å². The molecule has 2 rings (SSSR count). The lowest BCUT2D eigenvalue weighted by Crippen LogP contribution is -1.99. The number of ketones is 1. The van der Waals surface area contributed by atoms with Gasteiger partial charge in [-0.2, -0.15) is 5.10 Å². The number of hydrogen-bond acceptors (Lipinski definition) is 2.